The molecular weight excluding hydrogens is 259 g/mol. The van der Waals surface area contributed by atoms with Gasteiger partial charge in [-0.1, -0.05) is 6.08 Å². The molecule has 0 unspecified atom stereocenters. The maximum atomic E-state index is 13.1. The van der Waals surface area contributed by atoms with Gasteiger partial charge in [-0.2, -0.15) is 0 Å². The van der Waals surface area contributed by atoms with Crippen LogP contribution in [0.5, 0.6) is 0 Å². The van der Waals surface area contributed by atoms with Crippen molar-refractivity contribution in [1.29, 1.82) is 0 Å². The van der Waals surface area contributed by atoms with Crippen molar-refractivity contribution in [2.75, 3.05) is 6.54 Å². The van der Waals surface area contributed by atoms with Crippen LogP contribution in [0.25, 0.3) is 10.9 Å². The van der Waals surface area contributed by atoms with E-state index >= 15 is 0 Å². The van der Waals surface area contributed by atoms with Crippen LogP contribution in [-0.2, 0) is 11.2 Å². The number of rotatable bonds is 5. The van der Waals surface area contributed by atoms with Crippen molar-refractivity contribution < 1.29 is 9.18 Å². The van der Waals surface area contributed by atoms with Gasteiger partial charge in [0.1, 0.15) is 5.82 Å². The van der Waals surface area contributed by atoms with Crippen LogP contribution in [-0.4, -0.2) is 17.4 Å². The molecule has 0 fully saturated rings. The topological polar surface area (TPSA) is 62.0 Å². The van der Waals surface area contributed by atoms with E-state index in [0.29, 0.717) is 24.0 Å². The third-order valence-corrected chi connectivity index (χ3v) is 2.95. The average molecular weight is 274 g/mol. The van der Waals surface area contributed by atoms with E-state index in [2.05, 4.69) is 16.9 Å². The molecule has 0 aliphatic carbocycles. The van der Waals surface area contributed by atoms with E-state index in [1.807, 2.05) is 0 Å². The molecule has 20 heavy (non-hydrogen) atoms. The number of hydrogen-bond donors (Lipinski definition) is 2. The highest BCUT2D eigenvalue weighted by Crippen LogP contribution is 2.13. The van der Waals surface area contributed by atoms with Gasteiger partial charge in [0.25, 0.3) is 5.56 Å². The number of aryl methyl sites for hydroxylation is 1. The third-order valence-electron chi connectivity index (χ3n) is 2.95. The van der Waals surface area contributed by atoms with Crippen molar-refractivity contribution in [3.8, 4) is 0 Å². The quantitative estimate of drug-likeness (QED) is 0.818. The molecule has 1 heterocycles. The number of aromatic amines is 1. The summed E-state index contributed by atoms with van der Waals surface area (Å²) in [6.45, 7) is 3.91. The first-order valence-electron chi connectivity index (χ1n) is 6.29. The first-order valence-corrected chi connectivity index (χ1v) is 6.29. The first-order chi connectivity index (χ1) is 9.60. The largest absolute Gasteiger partial charge is 0.353 e. The van der Waals surface area contributed by atoms with Gasteiger partial charge in [-0.25, -0.2) is 4.39 Å². The molecular formula is C15H15FN2O2. The number of fused-ring (bicyclic) bond motifs is 1. The number of carbonyl (C=O) groups is 1. The minimum Gasteiger partial charge on any atom is -0.353 e. The van der Waals surface area contributed by atoms with Gasteiger partial charge >= 0.3 is 0 Å². The lowest BCUT2D eigenvalue weighted by atomic mass is 10.1. The summed E-state index contributed by atoms with van der Waals surface area (Å²) in [6, 6.07) is 5.90. The maximum Gasteiger partial charge on any atom is 0.251 e. The van der Waals surface area contributed by atoms with Crippen LogP contribution >= 0.6 is 0 Å². The van der Waals surface area contributed by atoms with E-state index < -0.39 is 5.82 Å². The number of pyridine rings is 1. The molecule has 0 atom stereocenters. The Morgan fingerprint density at radius 3 is 2.95 bits per heavy atom. The SMILES string of the molecule is C=CCNC(=O)CCc1cc2ccc(F)cc2[nH]c1=O. The van der Waals surface area contributed by atoms with Gasteiger partial charge in [-0.3, -0.25) is 9.59 Å². The van der Waals surface area contributed by atoms with E-state index in [4.69, 9.17) is 0 Å². The highest BCUT2D eigenvalue weighted by atomic mass is 19.1. The summed E-state index contributed by atoms with van der Waals surface area (Å²) in [6.07, 6.45) is 2.16. The molecule has 1 amide bonds. The lowest BCUT2D eigenvalue weighted by molar-refractivity contribution is -0.120. The van der Waals surface area contributed by atoms with Crippen molar-refractivity contribution in [2.45, 2.75) is 12.8 Å². The summed E-state index contributed by atoms with van der Waals surface area (Å²) in [5.41, 5.74) is 0.673. The Morgan fingerprint density at radius 1 is 1.40 bits per heavy atom. The Morgan fingerprint density at radius 2 is 2.20 bits per heavy atom. The zero-order valence-corrected chi connectivity index (χ0v) is 10.9. The zero-order valence-electron chi connectivity index (χ0n) is 10.9. The van der Waals surface area contributed by atoms with Gasteiger partial charge in [0.05, 0.1) is 5.52 Å². The molecule has 2 rings (SSSR count). The van der Waals surface area contributed by atoms with Gasteiger partial charge < -0.3 is 10.3 Å². The van der Waals surface area contributed by atoms with Gasteiger partial charge in [-0.05, 0) is 36.1 Å². The predicted molar refractivity (Wildman–Crippen MR) is 76.1 cm³/mol. The molecule has 104 valence electrons. The number of carbonyl (C=O) groups excluding carboxylic acids is 1. The summed E-state index contributed by atoms with van der Waals surface area (Å²) in [7, 11) is 0. The zero-order chi connectivity index (χ0) is 14.5. The molecule has 0 aliphatic heterocycles. The Labute approximate surface area is 115 Å². The lowest BCUT2D eigenvalue weighted by Gasteiger charge is -2.04. The summed E-state index contributed by atoms with van der Waals surface area (Å²) in [4.78, 5) is 25.9. The summed E-state index contributed by atoms with van der Waals surface area (Å²) in [5, 5.41) is 3.39. The van der Waals surface area contributed by atoms with Crippen LogP contribution in [0.4, 0.5) is 4.39 Å². The van der Waals surface area contributed by atoms with Crippen LogP contribution in [0, 0.1) is 5.82 Å². The minimum atomic E-state index is -0.398. The highest BCUT2D eigenvalue weighted by Gasteiger charge is 2.06. The van der Waals surface area contributed by atoms with Crippen molar-refractivity contribution in [3.63, 3.8) is 0 Å². The molecule has 2 aromatic rings. The molecule has 0 aliphatic rings. The summed E-state index contributed by atoms with van der Waals surface area (Å²) >= 11 is 0. The number of H-pyrrole nitrogens is 1. The smallest absolute Gasteiger partial charge is 0.251 e. The minimum absolute atomic E-state index is 0.136. The fourth-order valence-electron chi connectivity index (χ4n) is 1.93. The van der Waals surface area contributed by atoms with Crippen molar-refractivity contribution >= 4 is 16.8 Å². The normalized spacial score (nSPS) is 10.4. The van der Waals surface area contributed by atoms with Crippen LogP contribution in [0.15, 0.2) is 41.7 Å². The van der Waals surface area contributed by atoms with E-state index in [0.717, 1.165) is 5.39 Å². The molecule has 0 bridgehead atoms. The Bertz CT molecular complexity index is 707. The van der Waals surface area contributed by atoms with E-state index in [9.17, 15) is 14.0 Å². The molecule has 0 spiro atoms. The summed E-state index contributed by atoms with van der Waals surface area (Å²) < 4.78 is 13.1. The van der Waals surface area contributed by atoms with E-state index in [1.54, 1.807) is 18.2 Å². The van der Waals surface area contributed by atoms with Gasteiger partial charge in [0, 0.05) is 18.5 Å². The van der Waals surface area contributed by atoms with Crippen molar-refractivity contribution in [3.05, 3.63) is 58.7 Å². The van der Waals surface area contributed by atoms with Gasteiger partial charge in [-0.15, -0.1) is 6.58 Å². The van der Waals surface area contributed by atoms with Crippen LogP contribution in [0.1, 0.15) is 12.0 Å². The predicted octanol–water partition coefficient (Wildman–Crippen LogP) is 1.90. The highest BCUT2D eigenvalue weighted by molar-refractivity contribution is 5.79. The fourth-order valence-corrected chi connectivity index (χ4v) is 1.93. The molecule has 2 N–H and O–H groups in total. The van der Waals surface area contributed by atoms with E-state index in [1.165, 1.54) is 12.1 Å². The molecule has 0 saturated carbocycles. The Balaban J connectivity index is 2.16. The Hall–Kier alpha value is -2.43. The first kappa shape index (κ1) is 14.0. The van der Waals surface area contributed by atoms with Crippen LogP contribution < -0.4 is 10.9 Å². The Kier molecular flexibility index (Phi) is 4.30. The number of benzene rings is 1. The van der Waals surface area contributed by atoms with Crippen LogP contribution in [0.2, 0.25) is 0 Å². The molecule has 1 aromatic heterocycles. The summed E-state index contributed by atoms with van der Waals surface area (Å²) in [5.74, 6) is -0.534. The van der Waals surface area contributed by atoms with Gasteiger partial charge in [0.15, 0.2) is 0 Å². The standard InChI is InChI=1S/C15H15FN2O2/c1-2-7-17-14(19)6-4-11-8-10-3-5-12(16)9-13(10)18-15(11)20/h2-3,5,8-9H,1,4,6-7H2,(H,17,19)(H,18,20). The maximum absolute atomic E-state index is 13.1. The second kappa shape index (κ2) is 6.14. The van der Waals surface area contributed by atoms with E-state index in [-0.39, 0.29) is 17.9 Å². The third kappa shape index (κ3) is 3.32. The molecule has 5 heteroatoms. The molecule has 0 radical (unpaired) electrons. The van der Waals surface area contributed by atoms with Crippen LogP contribution in [0.3, 0.4) is 0 Å². The fraction of sp³-hybridized carbons (Fsp3) is 0.200. The number of halogens is 1. The molecule has 4 nitrogen and oxygen atoms in total. The number of aromatic nitrogens is 1. The lowest BCUT2D eigenvalue weighted by Crippen LogP contribution is -2.24. The number of hydrogen-bond acceptors (Lipinski definition) is 2. The molecule has 1 aromatic carbocycles. The number of nitrogens with one attached hydrogen (secondary N) is 2. The van der Waals surface area contributed by atoms with Crippen molar-refractivity contribution in [1.82, 2.24) is 10.3 Å². The number of amides is 1. The van der Waals surface area contributed by atoms with Crippen molar-refractivity contribution in [2.24, 2.45) is 0 Å². The van der Waals surface area contributed by atoms with Gasteiger partial charge in [0.2, 0.25) is 5.91 Å². The molecule has 0 saturated heterocycles. The monoisotopic (exact) mass is 274 g/mol. The second-order valence-corrected chi connectivity index (χ2v) is 4.45. The second-order valence-electron chi connectivity index (χ2n) is 4.45. The average Bonchev–Trinajstić information content (AvgIpc) is 2.42.